The van der Waals surface area contributed by atoms with Crippen LogP contribution in [0.15, 0.2) is 29.8 Å². The van der Waals surface area contributed by atoms with Crippen molar-refractivity contribution in [2.24, 2.45) is 5.41 Å². The molecule has 0 aromatic heterocycles. The van der Waals surface area contributed by atoms with Gasteiger partial charge in [0.05, 0.1) is 7.11 Å². The Morgan fingerprint density at radius 3 is 2.57 bits per heavy atom. The van der Waals surface area contributed by atoms with Crippen molar-refractivity contribution in [2.45, 2.75) is 58.8 Å². The summed E-state index contributed by atoms with van der Waals surface area (Å²) in [6, 6.07) is 5.80. The first-order valence-corrected chi connectivity index (χ1v) is 8.06. The molecule has 0 amide bonds. The Kier molecular flexibility index (Phi) is 4.97. The summed E-state index contributed by atoms with van der Waals surface area (Å²) < 4.78 is 5.23. The lowest BCUT2D eigenvalue weighted by molar-refractivity contribution is 0.239. The quantitative estimate of drug-likeness (QED) is 0.749. The summed E-state index contributed by atoms with van der Waals surface area (Å²) in [5.41, 5.74) is 3.27. The number of allylic oxidation sites excluding steroid dienone is 2. The van der Waals surface area contributed by atoms with Crippen LogP contribution in [-0.4, -0.2) is 12.2 Å². The van der Waals surface area contributed by atoms with Gasteiger partial charge in [0.25, 0.3) is 0 Å². The van der Waals surface area contributed by atoms with Crippen LogP contribution in [0.1, 0.15) is 64.4 Å². The van der Waals surface area contributed by atoms with Crippen LogP contribution >= 0.6 is 0 Å². The highest BCUT2D eigenvalue weighted by Gasteiger charge is 2.33. The lowest BCUT2D eigenvalue weighted by Crippen LogP contribution is -2.25. The molecular formula is C19H28O2. The molecule has 2 nitrogen and oxygen atoms in total. The van der Waals surface area contributed by atoms with Crippen molar-refractivity contribution in [2.75, 3.05) is 7.11 Å². The van der Waals surface area contributed by atoms with E-state index in [1.165, 1.54) is 31.2 Å². The zero-order valence-electron chi connectivity index (χ0n) is 13.8. The molecule has 0 unspecified atom stereocenters. The largest absolute Gasteiger partial charge is 0.504 e. The average molecular weight is 288 g/mol. The van der Waals surface area contributed by atoms with Crippen LogP contribution in [0.4, 0.5) is 0 Å². The van der Waals surface area contributed by atoms with Crippen LogP contribution in [0.25, 0.3) is 0 Å². The number of hydrogen-bond donors (Lipinski definition) is 1. The Labute approximate surface area is 128 Å². The van der Waals surface area contributed by atoms with E-state index in [0.29, 0.717) is 17.1 Å². The van der Waals surface area contributed by atoms with Gasteiger partial charge in [-0.1, -0.05) is 31.6 Å². The molecule has 1 saturated carbocycles. The van der Waals surface area contributed by atoms with Crippen molar-refractivity contribution in [3.63, 3.8) is 0 Å². The Hall–Kier alpha value is -1.44. The summed E-state index contributed by atoms with van der Waals surface area (Å²) in [4.78, 5) is 0. The average Bonchev–Trinajstić information content (AvgIpc) is 2.50. The monoisotopic (exact) mass is 288 g/mol. The summed E-state index contributed by atoms with van der Waals surface area (Å²) in [5, 5.41) is 9.72. The first-order chi connectivity index (χ1) is 10.0. The predicted molar refractivity (Wildman–Crippen MR) is 88.0 cm³/mol. The van der Waals surface area contributed by atoms with Crippen molar-refractivity contribution in [3.8, 4) is 11.5 Å². The third-order valence-electron chi connectivity index (χ3n) is 5.27. The number of hydrogen-bond acceptors (Lipinski definition) is 2. The number of aromatic hydroxyl groups is 1. The van der Waals surface area contributed by atoms with Crippen LogP contribution in [0.5, 0.6) is 11.5 Å². The number of phenolic OH excluding ortho intramolecular Hbond substituents is 1. The summed E-state index contributed by atoms with van der Waals surface area (Å²) in [5.74, 6) is 1.40. The van der Waals surface area contributed by atoms with E-state index in [-0.39, 0.29) is 5.75 Å². The molecular weight excluding hydrogens is 260 g/mol. The van der Waals surface area contributed by atoms with Gasteiger partial charge in [-0.25, -0.2) is 0 Å². The van der Waals surface area contributed by atoms with Crippen molar-refractivity contribution >= 4 is 0 Å². The zero-order valence-corrected chi connectivity index (χ0v) is 13.8. The van der Waals surface area contributed by atoms with E-state index in [1.54, 1.807) is 18.7 Å². The van der Waals surface area contributed by atoms with Gasteiger partial charge in [-0.15, -0.1) is 0 Å². The van der Waals surface area contributed by atoms with Gasteiger partial charge in [-0.3, -0.25) is 0 Å². The fourth-order valence-electron chi connectivity index (χ4n) is 3.84. The van der Waals surface area contributed by atoms with Crippen LogP contribution in [0, 0.1) is 5.41 Å². The molecule has 0 atom stereocenters. The molecule has 2 rings (SSSR count). The summed E-state index contributed by atoms with van der Waals surface area (Å²) >= 11 is 0. The van der Waals surface area contributed by atoms with Gasteiger partial charge in [-0.05, 0) is 68.1 Å². The van der Waals surface area contributed by atoms with Crippen molar-refractivity contribution in [1.29, 1.82) is 0 Å². The number of benzene rings is 1. The smallest absolute Gasteiger partial charge is 0.160 e. The number of rotatable bonds is 4. The summed E-state index contributed by atoms with van der Waals surface area (Å²) in [6.45, 7) is 6.85. The first-order valence-electron chi connectivity index (χ1n) is 8.06. The first kappa shape index (κ1) is 15.9. The molecule has 0 aliphatic heterocycles. The van der Waals surface area contributed by atoms with E-state index in [4.69, 9.17) is 4.74 Å². The number of methoxy groups -OCH3 is 1. The second-order valence-corrected chi connectivity index (χ2v) is 6.43. The van der Waals surface area contributed by atoms with Gasteiger partial charge in [-0.2, -0.15) is 0 Å². The van der Waals surface area contributed by atoms with Crippen LogP contribution in [0.2, 0.25) is 0 Å². The molecule has 1 aromatic rings. The van der Waals surface area contributed by atoms with Crippen molar-refractivity contribution in [3.05, 3.63) is 35.4 Å². The Morgan fingerprint density at radius 2 is 2.05 bits per heavy atom. The van der Waals surface area contributed by atoms with Crippen LogP contribution in [-0.2, 0) is 0 Å². The van der Waals surface area contributed by atoms with Gasteiger partial charge < -0.3 is 9.84 Å². The fraction of sp³-hybridized carbons (Fsp3) is 0.579. The van der Waals surface area contributed by atoms with E-state index in [2.05, 4.69) is 26.8 Å². The Balaban J connectivity index is 2.11. The third kappa shape index (κ3) is 3.25. The Morgan fingerprint density at radius 1 is 1.38 bits per heavy atom. The van der Waals surface area contributed by atoms with Gasteiger partial charge in [0, 0.05) is 0 Å². The summed E-state index contributed by atoms with van der Waals surface area (Å²) in [6.07, 6.45) is 8.38. The highest BCUT2D eigenvalue weighted by molar-refractivity contribution is 5.43. The highest BCUT2D eigenvalue weighted by atomic mass is 16.5. The molecule has 1 aliphatic rings. The van der Waals surface area contributed by atoms with E-state index in [9.17, 15) is 5.11 Å². The van der Waals surface area contributed by atoms with Gasteiger partial charge in [0.1, 0.15) is 0 Å². The maximum absolute atomic E-state index is 9.72. The minimum absolute atomic E-state index is 0.226. The van der Waals surface area contributed by atoms with Crippen molar-refractivity contribution < 1.29 is 9.84 Å². The molecule has 1 fully saturated rings. The van der Waals surface area contributed by atoms with Crippen LogP contribution in [0.3, 0.4) is 0 Å². The SMILES string of the molecule is C/C=C(\CC)C1(C)CCC(c2ccc(O)c(OC)c2)CC1. The second-order valence-electron chi connectivity index (χ2n) is 6.43. The maximum atomic E-state index is 9.72. The number of phenols is 1. The molecule has 0 spiro atoms. The molecule has 0 saturated heterocycles. The van der Waals surface area contributed by atoms with Gasteiger partial charge in [0.2, 0.25) is 0 Å². The number of ether oxygens (including phenoxy) is 1. The minimum Gasteiger partial charge on any atom is -0.504 e. The zero-order chi connectivity index (χ0) is 15.5. The minimum atomic E-state index is 0.226. The molecule has 1 N–H and O–H groups in total. The predicted octanol–water partition coefficient (Wildman–Crippen LogP) is 5.42. The Bertz CT molecular complexity index is 508. The summed E-state index contributed by atoms with van der Waals surface area (Å²) in [7, 11) is 1.61. The van der Waals surface area contributed by atoms with E-state index in [0.717, 1.165) is 6.42 Å². The van der Waals surface area contributed by atoms with E-state index >= 15 is 0 Å². The molecule has 1 aromatic carbocycles. The second kappa shape index (κ2) is 6.55. The third-order valence-corrected chi connectivity index (χ3v) is 5.27. The molecule has 0 bridgehead atoms. The van der Waals surface area contributed by atoms with E-state index < -0.39 is 0 Å². The maximum Gasteiger partial charge on any atom is 0.160 e. The van der Waals surface area contributed by atoms with Gasteiger partial charge >= 0.3 is 0 Å². The normalized spacial score (nSPS) is 26.7. The van der Waals surface area contributed by atoms with E-state index in [1.807, 2.05) is 12.1 Å². The molecule has 21 heavy (non-hydrogen) atoms. The highest BCUT2D eigenvalue weighted by Crippen LogP contribution is 2.48. The topological polar surface area (TPSA) is 29.5 Å². The molecule has 116 valence electrons. The molecule has 2 heteroatoms. The van der Waals surface area contributed by atoms with Crippen molar-refractivity contribution in [1.82, 2.24) is 0 Å². The molecule has 0 heterocycles. The van der Waals surface area contributed by atoms with Gasteiger partial charge in [0.15, 0.2) is 11.5 Å². The fourth-order valence-corrected chi connectivity index (χ4v) is 3.84. The lowest BCUT2D eigenvalue weighted by Gasteiger charge is -2.39. The molecule has 1 aliphatic carbocycles. The molecule has 0 radical (unpaired) electrons. The lowest BCUT2D eigenvalue weighted by atomic mass is 9.66. The van der Waals surface area contributed by atoms with Crippen LogP contribution < -0.4 is 4.74 Å². The standard InChI is InChI=1S/C19H28O2/c1-5-16(6-2)19(3)11-9-14(10-12-19)15-7-8-17(20)18(13-15)21-4/h5,7-8,13-14,20H,6,9-12H2,1-4H3/b16-5+.